The maximum atomic E-state index is 5.75. The van der Waals surface area contributed by atoms with E-state index in [0.29, 0.717) is 48.1 Å². The molecule has 5 heterocycles. The summed E-state index contributed by atoms with van der Waals surface area (Å²) in [6.07, 6.45) is 33.9. The third kappa shape index (κ3) is 5.27. The van der Waals surface area contributed by atoms with Crippen molar-refractivity contribution in [2.24, 2.45) is 11.8 Å². The van der Waals surface area contributed by atoms with E-state index in [1.54, 1.807) is 7.11 Å². The quantitative estimate of drug-likeness (QED) is 0.350. The molecule has 56 heavy (non-hydrogen) atoms. The van der Waals surface area contributed by atoms with Crippen molar-refractivity contribution in [2.75, 3.05) is 47.9 Å². The number of hydrogen-bond donors (Lipinski definition) is 3. The summed E-state index contributed by atoms with van der Waals surface area (Å²) in [6, 6.07) is 3.21. The Morgan fingerprint density at radius 1 is 0.893 bits per heavy atom. The molecule has 1 aromatic rings. The lowest BCUT2D eigenvalue weighted by Crippen LogP contribution is -2.63. The molecule has 7 aliphatic carbocycles. The number of likely N-dealkylation sites (tertiary alicyclic amines) is 1. The van der Waals surface area contributed by atoms with Crippen molar-refractivity contribution < 1.29 is 9.47 Å². The molecule has 11 aliphatic rings. The molecule has 12 rings (SSSR count). The normalized spacial score (nSPS) is 39.9. The van der Waals surface area contributed by atoms with Crippen LogP contribution in [0.1, 0.15) is 68.6 Å². The Kier molecular flexibility index (Phi) is 7.91. The SMILES string of the molecule is COC1=CC=CC(N2CN(C3CCC4NC(C5=CC6C7C=C(c8nc9c([nH]8)CCC(N8CN(C%10=C%11C=C[C@]%11(OC)C%10)C8)=C9)CCC7N(C)C6C=C5)NC4C3)C2)C1. The standard InChI is InChI=1S/C45H57N9O2/c1-50-40-13-7-27(43-46-36-11-9-30(20-38(36)48-43)52-23-51(24-52)29-5-4-6-32(19-29)55-2)17-33(40)34-18-28(8-14-41(34)50)44-47-37-12-10-31(21-39(37)49-44)53-25-54(26-53)42-22-45(56-3)16-15-35(42)45/h4-7,13,15-18,21,29-30,33-34,36,38,40-41,43,46,48H,8-12,14,19-20,22-26H2,1-3H3,(H,47,49)/t29?,30?,33?,34?,36?,38?,40?,41?,43?,45-/m0/s1. The molecule has 294 valence electrons. The van der Waals surface area contributed by atoms with E-state index in [9.17, 15) is 0 Å². The van der Waals surface area contributed by atoms with Crippen molar-refractivity contribution >= 4 is 11.6 Å². The molecule has 10 atom stereocenters. The average molecular weight is 756 g/mol. The number of methoxy groups -OCH3 is 2. The van der Waals surface area contributed by atoms with Gasteiger partial charge in [0.15, 0.2) is 0 Å². The summed E-state index contributed by atoms with van der Waals surface area (Å²) in [4.78, 5) is 22.0. The molecule has 3 N–H and O–H groups in total. The minimum absolute atomic E-state index is 0.0818. The fourth-order valence-corrected chi connectivity index (χ4v) is 12.2. The van der Waals surface area contributed by atoms with Gasteiger partial charge in [0.05, 0.1) is 51.4 Å². The number of fused-ring (bicyclic) bond motifs is 6. The van der Waals surface area contributed by atoms with Crippen LogP contribution < -0.4 is 10.6 Å². The second-order valence-corrected chi connectivity index (χ2v) is 18.4. The molecular weight excluding hydrogens is 699 g/mol. The van der Waals surface area contributed by atoms with E-state index in [1.807, 2.05) is 7.11 Å². The summed E-state index contributed by atoms with van der Waals surface area (Å²) in [7, 11) is 5.97. The molecule has 9 unspecified atom stereocenters. The third-order valence-electron chi connectivity index (χ3n) is 15.8. The molecule has 4 aliphatic heterocycles. The van der Waals surface area contributed by atoms with E-state index in [-0.39, 0.29) is 11.8 Å². The molecule has 5 fully saturated rings. The van der Waals surface area contributed by atoms with Crippen molar-refractivity contribution in [3.63, 3.8) is 0 Å². The van der Waals surface area contributed by atoms with Crippen LogP contribution in [0.3, 0.4) is 0 Å². The van der Waals surface area contributed by atoms with E-state index >= 15 is 0 Å². The van der Waals surface area contributed by atoms with Crippen LogP contribution in [0.2, 0.25) is 0 Å². The molecular formula is C45H57N9O2. The molecule has 0 radical (unpaired) electrons. The molecule has 4 saturated heterocycles. The lowest BCUT2D eigenvalue weighted by atomic mass is 9.68. The first-order valence-corrected chi connectivity index (χ1v) is 21.5. The largest absolute Gasteiger partial charge is 0.501 e. The highest BCUT2D eigenvalue weighted by Crippen LogP contribution is 2.52. The number of hydrogen-bond acceptors (Lipinski definition) is 10. The lowest BCUT2D eigenvalue weighted by molar-refractivity contribution is -0.0873. The van der Waals surface area contributed by atoms with E-state index in [1.165, 1.54) is 59.5 Å². The summed E-state index contributed by atoms with van der Waals surface area (Å²) in [5.74, 6) is 3.17. The number of imidazole rings is 1. The number of H-pyrrole nitrogens is 1. The fourth-order valence-electron chi connectivity index (χ4n) is 12.2. The third-order valence-corrected chi connectivity index (χ3v) is 15.8. The lowest BCUT2D eigenvalue weighted by Gasteiger charge is -2.56. The first-order chi connectivity index (χ1) is 27.4. The average Bonchev–Trinajstić information content (AvgIpc) is 3.89. The topological polar surface area (TPSA) is 87.4 Å². The van der Waals surface area contributed by atoms with Gasteiger partial charge in [-0.2, -0.15) is 0 Å². The van der Waals surface area contributed by atoms with E-state index < -0.39 is 0 Å². The zero-order valence-corrected chi connectivity index (χ0v) is 33.2. The molecule has 0 amide bonds. The van der Waals surface area contributed by atoms with Crippen LogP contribution in [-0.2, 0) is 15.9 Å². The Balaban J connectivity index is 0.696. The highest BCUT2D eigenvalue weighted by Gasteiger charge is 2.52. The van der Waals surface area contributed by atoms with Crippen molar-refractivity contribution in [1.82, 2.24) is 45.1 Å². The Morgan fingerprint density at radius 3 is 2.61 bits per heavy atom. The second kappa shape index (κ2) is 12.9. The van der Waals surface area contributed by atoms with Crippen LogP contribution in [0.4, 0.5) is 0 Å². The molecule has 11 nitrogen and oxygen atoms in total. The smallest absolute Gasteiger partial charge is 0.133 e. The predicted molar refractivity (Wildman–Crippen MR) is 217 cm³/mol. The van der Waals surface area contributed by atoms with Crippen LogP contribution in [-0.4, -0.2) is 130 Å². The fraction of sp³-hybridized carbons (Fsp3) is 0.578. The Morgan fingerprint density at radius 2 is 1.79 bits per heavy atom. The van der Waals surface area contributed by atoms with E-state index in [4.69, 9.17) is 14.5 Å². The van der Waals surface area contributed by atoms with E-state index in [2.05, 4.69) is 108 Å². The van der Waals surface area contributed by atoms with Crippen molar-refractivity contribution in [3.05, 3.63) is 100 Å². The summed E-state index contributed by atoms with van der Waals surface area (Å²) in [5.41, 5.74) is 9.48. The van der Waals surface area contributed by atoms with Gasteiger partial charge in [0, 0.05) is 90.7 Å². The predicted octanol–water partition coefficient (Wildman–Crippen LogP) is 4.63. The van der Waals surface area contributed by atoms with Crippen LogP contribution in [0.25, 0.3) is 11.6 Å². The van der Waals surface area contributed by atoms with Gasteiger partial charge in [-0.25, -0.2) is 4.98 Å². The Bertz CT molecular complexity index is 2060. The zero-order chi connectivity index (χ0) is 37.3. The monoisotopic (exact) mass is 755 g/mol. The van der Waals surface area contributed by atoms with Gasteiger partial charge in [0.25, 0.3) is 0 Å². The second-order valence-electron chi connectivity index (χ2n) is 18.4. The van der Waals surface area contributed by atoms with Gasteiger partial charge in [-0.1, -0.05) is 42.5 Å². The van der Waals surface area contributed by atoms with Crippen molar-refractivity contribution in [2.45, 2.75) is 106 Å². The number of ether oxygens (including phenoxy) is 2. The highest BCUT2D eigenvalue weighted by molar-refractivity contribution is 5.66. The van der Waals surface area contributed by atoms with Gasteiger partial charge in [-0.3, -0.25) is 25.3 Å². The summed E-state index contributed by atoms with van der Waals surface area (Å²) >= 11 is 0. The van der Waals surface area contributed by atoms with Crippen molar-refractivity contribution in [1.29, 1.82) is 0 Å². The van der Waals surface area contributed by atoms with Gasteiger partial charge in [0.2, 0.25) is 0 Å². The number of likely N-dealkylation sites (N-methyl/N-ethyl adjacent to an activating group) is 1. The molecule has 0 spiro atoms. The summed E-state index contributed by atoms with van der Waals surface area (Å²) < 4.78 is 11.3. The molecule has 11 heteroatoms. The molecule has 1 aromatic heterocycles. The number of aromatic amines is 1. The summed E-state index contributed by atoms with van der Waals surface area (Å²) in [6.45, 7) is 4.07. The van der Waals surface area contributed by atoms with E-state index in [0.717, 1.165) is 76.1 Å². The van der Waals surface area contributed by atoms with Gasteiger partial charge in [-0.15, -0.1) is 0 Å². The summed E-state index contributed by atoms with van der Waals surface area (Å²) in [5, 5.41) is 8.13. The number of aryl methyl sites for hydroxylation is 1. The number of allylic oxidation sites excluding steroid dienone is 4. The number of rotatable bonds is 8. The Hall–Kier alpha value is -3.71. The minimum atomic E-state index is -0.0818. The van der Waals surface area contributed by atoms with Gasteiger partial charge >= 0.3 is 0 Å². The maximum Gasteiger partial charge on any atom is 0.133 e. The number of nitrogens with zero attached hydrogens (tertiary/aromatic N) is 6. The van der Waals surface area contributed by atoms with Crippen LogP contribution >= 0.6 is 0 Å². The number of nitrogens with one attached hydrogen (secondary N) is 3. The molecule has 0 bridgehead atoms. The highest BCUT2D eigenvalue weighted by atomic mass is 16.5. The van der Waals surface area contributed by atoms with Crippen LogP contribution in [0.5, 0.6) is 0 Å². The molecule has 0 aromatic carbocycles. The first kappa shape index (κ1) is 34.3. The molecule has 1 saturated carbocycles. The van der Waals surface area contributed by atoms with Gasteiger partial charge < -0.3 is 24.3 Å². The van der Waals surface area contributed by atoms with Gasteiger partial charge in [0.1, 0.15) is 11.4 Å². The first-order valence-electron chi connectivity index (χ1n) is 21.5. The zero-order valence-electron chi connectivity index (χ0n) is 33.2. The van der Waals surface area contributed by atoms with Gasteiger partial charge in [-0.05, 0) is 81.4 Å². The van der Waals surface area contributed by atoms with Crippen LogP contribution in [0, 0.1) is 11.8 Å². The van der Waals surface area contributed by atoms with Crippen molar-refractivity contribution in [3.8, 4) is 0 Å². The number of aromatic nitrogens is 2. The minimum Gasteiger partial charge on any atom is -0.501 e. The van der Waals surface area contributed by atoms with Crippen LogP contribution in [0.15, 0.2) is 83.0 Å². The Labute approximate surface area is 331 Å². The maximum absolute atomic E-state index is 5.75.